The summed E-state index contributed by atoms with van der Waals surface area (Å²) in [6.07, 6.45) is 0. The molecule has 0 fully saturated rings. The number of anilines is 2. The van der Waals surface area contributed by atoms with Gasteiger partial charge in [0, 0.05) is 30.1 Å². The van der Waals surface area contributed by atoms with Crippen LogP contribution in [0.5, 0.6) is 0 Å². The van der Waals surface area contributed by atoms with Crippen LogP contribution >= 0.6 is 11.6 Å². The summed E-state index contributed by atoms with van der Waals surface area (Å²) in [5.74, 6) is 1.13. The van der Waals surface area contributed by atoms with Crippen LogP contribution in [0.25, 0.3) is 11.2 Å². The van der Waals surface area contributed by atoms with Crippen LogP contribution in [-0.4, -0.2) is 20.7 Å². The number of nitrogens with one attached hydrogen (secondary N) is 1. The highest BCUT2D eigenvalue weighted by Gasteiger charge is 2.36. The van der Waals surface area contributed by atoms with E-state index in [-0.39, 0.29) is 11.2 Å². The number of rotatable bonds is 2. The van der Waals surface area contributed by atoms with E-state index in [1.54, 1.807) is 7.05 Å². The summed E-state index contributed by atoms with van der Waals surface area (Å²) in [5.41, 5.74) is 2.49. The molecule has 8 heteroatoms. The maximum Gasteiger partial charge on any atom is 0.364 e. The molecule has 3 heterocycles. The van der Waals surface area contributed by atoms with E-state index in [0.717, 1.165) is 23.7 Å². The van der Waals surface area contributed by atoms with Crippen LogP contribution in [0.2, 0.25) is 5.02 Å². The quantitative estimate of drug-likeness (QED) is 0.683. The van der Waals surface area contributed by atoms with Gasteiger partial charge in [-0.2, -0.15) is 0 Å². The van der Waals surface area contributed by atoms with Gasteiger partial charge in [-0.25, -0.2) is 19.2 Å². The molecule has 0 amide bonds. The second-order valence-corrected chi connectivity index (χ2v) is 7.65. The summed E-state index contributed by atoms with van der Waals surface area (Å²) >= 11 is 6.34. The Morgan fingerprint density at radius 1 is 1.33 bits per heavy atom. The van der Waals surface area contributed by atoms with Crippen molar-refractivity contribution in [3.8, 4) is 0 Å². The normalized spacial score (nSPS) is 16.8. The molecule has 4 rings (SSSR count). The maximum atomic E-state index is 13.0. The van der Waals surface area contributed by atoms with Gasteiger partial charge >= 0.3 is 11.6 Å². The van der Waals surface area contributed by atoms with E-state index in [9.17, 15) is 9.59 Å². The molecule has 0 spiro atoms. The summed E-state index contributed by atoms with van der Waals surface area (Å²) in [7, 11) is 1.69. The highest BCUT2D eigenvalue weighted by atomic mass is 35.5. The van der Waals surface area contributed by atoms with Crippen LogP contribution in [0.4, 0.5) is 11.6 Å². The Kier molecular flexibility index (Phi) is 4.14. The molecule has 142 valence electrons. The number of fused-ring (bicyclic) bond motifs is 3. The van der Waals surface area contributed by atoms with Crippen molar-refractivity contribution < 1.29 is 4.57 Å². The number of H-pyrrole nitrogens is 1. The van der Waals surface area contributed by atoms with E-state index in [0.29, 0.717) is 35.2 Å². The average Bonchev–Trinajstić information content (AvgIpc) is 3.02. The minimum absolute atomic E-state index is 0.255. The first-order valence-corrected chi connectivity index (χ1v) is 9.50. The molecular formula is C19H23ClN5O2+. The molecule has 1 atom stereocenters. The Balaban J connectivity index is 2.06. The topological polar surface area (TPSA) is 66.9 Å². The van der Waals surface area contributed by atoms with Crippen LogP contribution < -0.4 is 20.7 Å². The number of hydrogen-bond acceptors (Lipinski definition) is 3. The molecule has 1 aliphatic rings. The third kappa shape index (κ3) is 2.52. The van der Waals surface area contributed by atoms with Gasteiger partial charge in [0.2, 0.25) is 11.2 Å². The lowest BCUT2D eigenvalue weighted by molar-refractivity contribution is -0.669. The molecule has 1 N–H and O–H groups in total. The van der Waals surface area contributed by atoms with Gasteiger partial charge in [0.1, 0.15) is 5.69 Å². The zero-order chi connectivity index (χ0) is 19.5. The fourth-order valence-corrected chi connectivity index (χ4v) is 4.13. The number of hydrogen-bond donors (Lipinski definition) is 1. The van der Waals surface area contributed by atoms with Crippen molar-refractivity contribution in [2.45, 2.75) is 33.9 Å². The lowest BCUT2D eigenvalue weighted by Crippen LogP contribution is -2.52. The fourth-order valence-electron chi connectivity index (χ4n) is 3.96. The highest BCUT2D eigenvalue weighted by Crippen LogP contribution is 2.33. The second-order valence-electron chi connectivity index (χ2n) is 7.25. The van der Waals surface area contributed by atoms with Gasteiger partial charge in [0.25, 0.3) is 5.56 Å². The summed E-state index contributed by atoms with van der Waals surface area (Å²) < 4.78 is 4.79. The van der Waals surface area contributed by atoms with E-state index in [1.165, 1.54) is 9.13 Å². The Labute approximate surface area is 161 Å². The Morgan fingerprint density at radius 2 is 2.07 bits per heavy atom. The third-order valence-electron chi connectivity index (χ3n) is 5.37. The summed E-state index contributed by atoms with van der Waals surface area (Å²) in [6.45, 7) is 7.80. The maximum absolute atomic E-state index is 13.0. The zero-order valence-corrected chi connectivity index (χ0v) is 16.7. The van der Waals surface area contributed by atoms with Crippen molar-refractivity contribution in [2.24, 2.45) is 13.0 Å². The van der Waals surface area contributed by atoms with E-state index in [2.05, 4.69) is 16.8 Å². The van der Waals surface area contributed by atoms with Crippen molar-refractivity contribution >= 4 is 34.4 Å². The van der Waals surface area contributed by atoms with Crippen LogP contribution in [0.1, 0.15) is 19.4 Å². The van der Waals surface area contributed by atoms with Crippen molar-refractivity contribution in [1.82, 2.24) is 14.1 Å². The average molecular weight is 389 g/mol. The van der Waals surface area contributed by atoms with Gasteiger partial charge in [-0.15, -0.1) is 0 Å². The standard InChI is InChI=1S/C19H22ClN5O2/c1-5-23-17(26)15-16(22(4)19(23)27)21-18-24(9-11(2)10-25(15)18)14-8-6-7-13(20)12(14)3/h6-8,11H,5,9-10H2,1-4H3/p+1/t11-/m1/s1. The first-order valence-electron chi connectivity index (χ1n) is 9.13. The van der Waals surface area contributed by atoms with E-state index in [1.807, 2.05) is 36.6 Å². The van der Waals surface area contributed by atoms with E-state index < -0.39 is 0 Å². The number of aromatic nitrogens is 4. The van der Waals surface area contributed by atoms with Gasteiger partial charge < -0.3 is 0 Å². The van der Waals surface area contributed by atoms with Gasteiger partial charge in [0.05, 0.1) is 13.1 Å². The number of aromatic amines is 1. The number of nitrogens with zero attached hydrogens (tertiary/aromatic N) is 4. The Hall–Kier alpha value is -2.54. The van der Waals surface area contributed by atoms with Crippen LogP contribution in [0.15, 0.2) is 27.8 Å². The molecule has 0 unspecified atom stereocenters. The third-order valence-corrected chi connectivity index (χ3v) is 5.78. The van der Waals surface area contributed by atoms with Crippen LogP contribution in [-0.2, 0) is 20.1 Å². The first-order chi connectivity index (χ1) is 12.8. The minimum atomic E-state index is -0.312. The Bertz CT molecular complexity index is 1170. The lowest BCUT2D eigenvalue weighted by Gasteiger charge is -2.27. The number of imidazole rings is 1. The molecule has 0 radical (unpaired) electrons. The molecule has 0 saturated carbocycles. The smallest absolute Gasteiger partial charge is 0.267 e. The second kappa shape index (κ2) is 6.27. The van der Waals surface area contributed by atoms with Crippen molar-refractivity contribution in [3.05, 3.63) is 49.6 Å². The SMILES string of the molecule is CCn1c(=O)c2c([nH]c3[n+]2C[C@H](C)CN3c2cccc(Cl)c2C)n(C)c1=O. The van der Waals surface area contributed by atoms with Gasteiger partial charge in [-0.05, 0) is 26.0 Å². The first kappa shape index (κ1) is 17.9. The largest absolute Gasteiger partial charge is 0.364 e. The van der Waals surface area contributed by atoms with Crippen molar-refractivity contribution in [2.75, 3.05) is 11.4 Å². The molecule has 3 aromatic rings. The molecule has 0 saturated heterocycles. The molecule has 1 aliphatic heterocycles. The van der Waals surface area contributed by atoms with Crippen LogP contribution in [0.3, 0.4) is 0 Å². The highest BCUT2D eigenvalue weighted by molar-refractivity contribution is 6.31. The number of aryl methyl sites for hydroxylation is 1. The summed E-state index contributed by atoms with van der Waals surface area (Å²) in [5, 5.41) is 0.703. The monoisotopic (exact) mass is 388 g/mol. The molecule has 2 aromatic heterocycles. The van der Waals surface area contributed by atoms with Gasteiger partial charge in [-0.1, -0.05) is 24.6 Å². The number of benzene rings is 1. The predicted molar refractivity (Wildman–Crippen MR) is 106 cm³/mol. The molecule has 7 nitrogen and oxygen atoms in total. The summed E-state index contributed by atoms with van der Waals surface area (Å²) in [4.78, 5) is 31.0. The molecule has 27 heavy (non-hydrogen) atoms. The lowest BCUT2D eigenvalue weighted by atomic mass is 10.1. The van der Waals surface area contributed by atoms with Gasteiger partial charge in [-0.3, -0.25) is 13.9 Å². The van der Waals surface area contributed by atoms with Crippen molar-refractivity contribution in [1.29, 1.82) is 0 Å². The molecule has 0 bridgehead atoms. The zero-order valence-electron chi connectivity index (χ0n) is 15.9. The van der Waals surface area contributed by atoms with E-state index >= 15 is 0 Å². The van der Waals surface area contributed by atoms with Crippen molar-refractivity contribution in [3.63, 3.8) is 0 Å². The number of halogens is 1. The van der Waals surface area contributed by atoms with E-state index in [4.69, 9.17) is 11.6 Å². The predicted octanol–water partition coefficient (Wildman–Crippen LogP) is 2.09. The van der Waals surface area contributed by atoms with Crippen LogP contribution in [0, 0.1) is 12.8 Å². The molecular weight excluding hydrogens is 366 g/mol. The molecule has 0 aliphatic carbocycles. The summed E-state index contributed by atoms with van der Waals surface area (Å²) in [6, 6.07) is 5.83. The van der Waals surface area contributed by atoms with Gasteiger partial charge in [0.15, 0.2) is 0 Å². The Morgan fingerprint density at radius 3 is 2.78 bits per heavy atom. The minimum Gasteiger partial charge on any atom is -0.267 e. The molecule has 1 aromatic carbocycles. The fraction of sp³-hybridized carbons (Fsp3) is 0.421.